The van der Waals surface area contributed by atoms with Crippen LogP contribution in [0.2, 0.25) is 0 Å². The molecule has 0 saturated carbocycles. The van der Waals surface area contributed by atoms with Crippen molar-refractivity contribution in [3.8, 4) is 0 Å². The van der Waals surface area contributed by atoms with Crippen LogP contribution in [0.15, 0.2) is 11.4 Å². The van der Waals surface area contributed by atoms with Crippen LogP contribution < -0.4 is 4.90 Å². The third kappa shape index (κ3) is 3.09. The summed E-state index contributed by atoms with van der Waals surface area (Å²) in [7, 11) is 0. The lowest BCUT2D eigenvalue weighted by Gasteiger charge is -2.41. The van der Waals surface area contributed by atoms with Gasteiger partial charge in [0.1, 0.15) is 16.5 Å². The van der Waals surface area contributed by atoms with Crippen LogP contribution in [0.4, 0.5) is 5.82 Å². The molecule has 120 valence electrons. The average molecular weight is 320 g/mol. The highest BCUT2D eigenvalue weighted by Crippen LogP contribution is 2.30. The van der Waals surface area contributed by atoms with Crippen LogP contribution in [-0.2, 0) is 6.42 Å². The molecule has 0 amide bonds. The van der Waals surface area contributed by atoms with Crippen LogP contribution in [-0.4, -0.2) is 58.3 Å². The maximum atomic E-state index is 9.58. The molecule has 6 heteroatoms. The fourth-order valence-corrected chi connectivity index (χ4v) is 3.92. The minimum atomic E-state index is -0.270. The van der Waals surface area contributed by atoms with E-state index in [1.807, 2.05) is 6.92 Å². The quantitative estimate of drug-likeness (QED) is 0.935. The maximum absolute atomic E-state index is 9.58. The minimum Gasteiger partial charge on any atom is -0.392 e. The Morgan fingerprint density at radius 1 is 1.41 bits per heavy atom. The first-order chi connectivity index (χ1) is 10.6. The number of thiophene rings is 1. The van der Waals surface area contributed by atoms with Crippen molar-refractivity contribution in [3.05, 3.63) is 17.3 Å². The number of anilines is 1. The molecule has 1 aliphatic heterocycles. The first kappa shape index (κ1) is 15.6. The maximum Gasteiger partial charge on any atom is 0.141 e. The average Bonchev–Trinajstić information content (AvgIpc) is 2.94. The Balaban J connectivity index is 1.87. The molecule has 0 bridgehead atoms. The highest BCUT2D eigenvalue weighted by molar-refractivity contribution is 7.16. The van der Waals surface area contributed by atoms with Gasteiger partial charge in [0.2, 0.25) is 0 Å². The van der Waals surface area contributed by atoms with Gasteiger partial charge in [0.05, 0.1) is 11.5 Å². The standard InChI is InChI=1S/C16H24N4OS/c1-4-14-17-15(13-5-8-22-16(13)18-14)20-7-6-19(9-11(20)2)10-12(3)21/h5,8,11-12,21H,4,6-7,9-10H2,1-3H3. The highest BCUT2D eigenvalue weighted by Gasteiger charge is 2.27. The van der Waals surface area contributed by atoms with Crippen molar-refractivity contribution < 1.29 is 5.11 Å². The van der Waals surface area contributed by atoms with Gasteiger partial charge in [0.25, 0.3) is 0 Å². The van der Waals surface area contributed by atoms with Crippen molar-refractivity contribution in [3.63, 3.8) is 0 Å². The predicted molar refractivity (Wildman–Crippen MR) is 91.7 cm³/mol. The van der Waals surface area contributed by atoms with Gasteiger partial charge in [-0.1, -0.05) is 6.92 Å². The van der Waals surface area contributed by atoms with Gasteiger partial charge < -0.3 is 10.0 Å². The lowest BCUT2D eigenvalue weighted by molar-refractivity contribution is 0.114. The molecule has 0 aromatic carbocycles. The van der Waals surface area contributed by atoms with E-state index in [0.717, 1.165) is 54.5 Å². The Bertz CT molecular complexity index is 642. The summed E-state index contributed by atoms with van der Waals surface area (Å²) < 4.78 is 0. The predicted octanol–water partition coefficient (Wildman–Crippen LogP) is 2.14. The number of aryl methyl sites for hydroxylation is 1. The number of hydrogen-bond donors (Lipinski definition) is 1. The fourth-order valence-electron chi connectivity index (χ4n) is 3.15. The number of piperazine rings is 1. The molecule has 22 heavy (non-hydrogen) atoms. The molecule has 0 spiro atoms. The van der Waals surface area contributed by atoms with Crippen LogP contribution in [0.3, 0.4) is 0 Å². The Labute approximate surface area is 135 Å². The summed E-state index contributed by atoms with van der Waals surface area (Å²) in [6.45, 7) is 9.80. The topological polar surface area (TPSA) is 52.5 Å². The van der Waals surface area contributed by atoms with E-state index in [4.69, 9.17) is 4.98 Å². The first-order valence-corrected chi connectivity index (χ1v) is 8.87. The van der Waals surface area contributed by atoms with Crippen molar-refractivity contribution in [1.82, 2.24) is 14.9 Å². The number of nitrogens with zero attached hydrogens (tertiary/aromatic N) is 4. The number of aliphatic hydroxyl groups excluding tert-OH is 1. The second-order valence-electron chi connectivity index (χ2n) is 6.11. The monoisotopic (exact) mass is 320 g/mol. The minimum absolute atomic E-state index is 0.270. The van der Waals surface area contributed by atoms with Gasteiger partial charge in [-0.25, -0.2) is 9.97 Å². The molecule has 1 aliphatic rings. The van der Waals surface area contributed by atoms with E-state index in [1.54, 1.807) is 11.3 Å². The van der Waals surface area contributed by atoms with E-state index >= 15 is 0 Å². The molecule has 1 N–H and O–H groups in total. The van der Waals surface area contributed by atoms with Crippen LogP contribution in [0.5, 0.6) is 0 Å². The van der Waals surface area contributed by atoms with Gasteiger partial charge >= 0.3 is 0 Å². The lowest BCUT2D eigenvalue weighted by Crippen LogP contribution is -2.53. The summed E-state index contributed by atoms with van der Waals surface area (Å²) in [5.41, 5.74) is 0. The Morgan fingerprint density at radius 3 is 2.91 bits per heavy atom. The number of fused-ring (bicyclic) bond motifs is 1. The summed E-state index contributed by atoms with van der Waals surface area (Å²) in [4.78, 5) is 15.2. The number of aromatic nitrogens is 2. The summed E-state index contributed by atoms with van der Waals surface area (Å²) >= 11 is 1.68. The van der Waals surface area contributed by atoms with Gasteiger partial charge in [0, 0.05) is 38.6 Å². The molecule has 2 unspecified atom stereocenters. The van der Waals surface area contributed by atoms with E-state index in [1.165, 1.54) is 0 Å². The molecule has 0 aliphatic carbocycles. The normalized spacial score (nSPS) is 21.5. The van der Waals surface area contributed by atoms with Gasteiger partial charge in [0.15, 0.2) is 0 Å². The molecular weight excluding hydrogens is 296 g/mol. The van der Waals surface area contributed by atoms with Crippen molar-refractivity contribution >= 4 is 27.4 Å². The van der Waals surface area contributed by atoms with Gasteiger partial charge in [-0.15, -0.1) is 11.3 Å². The van der Waals surface area contributed by atoms with E-state index in [-0.39, 0.29) is 6.10 Å². The number of hydrogen-bond acceptors (Lipinski definition) is 6. The summed E-state index contributed by atoms with van der Waals surface area (Å²) in [6.07, 6.45) is 0.588. The molecule has 2 atom stereocenters. The van der Waals surface area contributed by atoms with Gasteiger partial charge in [-0.2, -0.15) is 0 Å². The summed E-state index contributed by atoms with van der Waals surface area (Å²) in [6, 6.07) is 2.51. The second-order valence-corrected chi connectivity index (χ2v) is 7.00. The SMILES string of the molecule is CCc1nc(N2CCN(CC(C)O)CC2C)c2ccsc2n1. The second kappa shape index (κ2) is 6.48. The molecular formula is C16H24N4OS. The lowest BCUT2D eigenvalue weighted by atomic mass is 10.1. The largest absolute Gasteiger partial charge is 0.392 e. The molecule has 3 heterocycles. The molecule has 3 rings (SSSR count). The third-order valence-electron chi connectivity index (χ3n) is 4.17. The van der Waals surface area contributed by atoms with Crippen molar-refractivity contribution in [2.75, 3.05) is 31.1 Å². The van der Waals surface area contributed by atoms with Crippen LogP contribution in [0.25, 0.3) is 10.2 Å². The molecule has 1 saturated heterocycles. The summed E-state index contributed by atoms with van der Waals surface area (Å²) in [5, 5.41) is 12.8. The highest BCUT2D eigenvalue weighted by atomic mass is 32.1. The van der Waals surface area contributed by atoms with E-state index < -0.39 is 0 Å². The van der Waals surface area contributed by atoms with E-state index in [9.17, 15) is 5.11 Å². The Morgan fingerprint density at radius 2 is 2.23 bits per heavy atom. The number of rotatable bonds is 4. The Hall–Kier alpha value is -1.24. The van der Waals surface area contributed by atoms with Crippen LogP contribution in [0, 0.1) is 0 Å². The summed E-state index contributed by atoms with van der Waals surface area (Å²) in [5.74, 6) is 2.00. The smallest absolute Gasteiger partial charge is 0.141 e. The van der Waals surface area contributed by atoms with Crippen molar-refractivity contribution in [2.45, 2.75) is 39.3 Å². The molecule has 2 aromatic rings. The molecule has 2 aromatic heterocycles. The van der Waals surface area contributed by atoms with Crippen molar-refractivity contribution in [2.24, 2.45) is 0 Å². The van der Waals surface area contributed by atoms with E-state index in [2.05, 4.69) is 40.1 Å². The Kier molecular flexibility index (Phi) is 4.61. The van der Waals surface area contributed by atoms with Crippen LogP contribution >= 0.6 is 11.3 Å². The third-order valence-corrected chi connectivity index (χ3v) is 4.98. The molecule has 0 radical (unpaired) electrons. The fraction of sp³-hybridized carbons (Fsp3) is 0.625. The zero-order valence-electron chi connectivity index (χ0n) is 13.5. The zero-order chi connectivity index (χ0) is 15.7. The number of β-amino-alcohol motifs (C(OH)–C–C–N with tert-alkyl or cyclic N) is 1. The molecule has 1 fully saturated rings. The van der Waals surface area contributed by atoms with Crippen molar-refractivity contribution in [1.29, 1.82) is 0 Å². The zero-order valence-corrected chi connectivity index (χ0v) is 14.3. The first-order valence-electron chi connectivity index (χ1n) is 7.99. The molecule has 5 nitrogen and oxygen atoms in total. The number of aliphatic hydroxyl groups is 1. The van der Waals surface area contributed by atoms with E-state index in [0.29, 0.717) is 6.04 Å². The van der Waals surface area contributed by atoms with Gasteiger partial charge in [-0.3, -0.25) is 4.90 Å². The van der Waals surface area contributed by atoms with Crippen LogP contribution in [0.1, 0.15) is 26.6 Å². The van der Waals surface area contributed by atoms with Gasteiger partial charge in [-0.05, 0) is 25.3 Å².